The van der Waals surface area contributed by atoms with Crippen LogP contribution in [0.4, 0.5) is 8.78 Å². The van der Waals surface area contributed by atoms with Gasteiger partial charge in [0.15, 0.2) is 6.10 Å². The van der Waals surface area contributed by atoms with Gasteiger partial charge in [0.1, 0.15) is 0 Å². The van der Waals surface area contributed by atoms with Crippen LogP contribution in [0.2, 0.25) is 0 Å². The van der Waals surface area contributed by atoms with Gasteiger partial charge in [-0.25, -0.2) is 13.6 Å². The van der Waals surface area contributed by atoms with Crippen molar-refractivity contribution in [2.75, 3.05) is 7.11 Å². The van der Waals surface area contributed by atoms with Gasteiger partial charge in [-0.05, 0) is 11.1 Å². The highest BCUT2D eigenvalue weighted by Crippen LogP contribution is 2.17. The number of carbonyl (C=O) groups is 1. The number of hydrogen-bond donors (Lipinski definition) is 1. The van der Waals surface area contributed by atoms with Crippen LogP contribution in [0.15, 0.2) is 24.3 Å². The van der Waals surface area contributed by atoms with E-state index in [4.69, 9.17) is 0 Å². The third-order valence-electron chi connectivity index (χ3n) is 2.08. The summed E-state index contributed by atoms with van der Waals surface area (Å²) >= 11 is 0. The van der Waals surface area contributed by atoms with E-state index in [-0.39, 0.29) is 5.56 Å². The van der Waals surface area contributed by atoms with Gasteiger partial charge in [-0.3, -0.25) is 0 Å². The topological polar surface area (TPSA) is 46.5 Å². The molecule has 88 valence electrons. The van der Waals surface area contributed by atoms with Crippen molar-refractivity contribution in [1.82, 2.24) is 0 Å². The van der Waals surface area contributed by atoms with E-state index in [0.717, 1.165) is 7.11 Å². The average Bonchev–Trinajstić information content (AvgIpc) is 2.26. The molecule has 1 atom stereocenters. The highest BCUT2D eigenvalue weighted by Gasteiger charge is 2.18. The molecule has 0 spiro atoms. The highest BCUT2D eigenvalue weighted by molar-refractivity contribution is 5.76. The van der Waals surface area contributed by atoms with Crippen LogP contribution in [0.25, 0.3) is 0 Å². The van der Waals surface area contributed by atoms with Crippen LogP contribution in [0, 0.1) is 0 Å². The lowest BCUT2D eigenvalue weighted by molar-refractivity contribution is -0.150. The first-order chi connectivity index (χ1) is 7.54. The predicted molar refractivity (Wildman–Crippen MR) is 53.1 cm³/mol. The van der Waals surface area contributed by atoms with Crippen LogP contribution in [-0.2, 0) is 16.0 Å². The maximum absolute atomic E-state index is 12.1. The number of rotatable bonds is 4. The summed E-state index contributed by atoms with van der Waals surface area (Å²) in [6, 6.07) is 5.88. The minimum atomic E-state index is -2.45. The number of carbonyl (C=O) groups excluding carboxylic acids is 1. The Morgan fingerprint density at radius 3 is 2.75 bits per heavy atom. The van der Waals surface area contributed by atoms with Gasteiger partial charge < -0.3 is 9.84 Å². The zero-order valence-electron chi connectivity index (χ0n) is 8.69. The summed E-state index contributed by atoms with van der Waals surface area (Å²) in [5.74, 6) is -0.811. The van der Waals surface area contributed by atoms with E-state index in [1.54, 1.807) is 0 Å². The first kappa shape index (κ1) is 12.6. The first-order valence-electron chi connectivity index (χ1n) is 4.67. The normalized spacial score (nSPS) is 12.6. The molecule has 5 heteroatoms. The van der Waals surface area contributed by atoms with Gasteiger partial charge in [0.2, 0.25) is 6.43 Å². The molecule has 1 N–H and O–H groups in total. The lowest BCUT2D eigenvalue weighted by atomic mass is 10.0. The Bertz CT molecular complexity index is 366. The molecule has 0 fully saturated rings. The van der Waals surface area contributed by atoms with Gasteiger partial charge in [0.05, 0.1) is 7.11 Å². The molecule has 0 radical (unpaired) electrons. The monoisotopic (exact) mass is 230 g/mol. The average molecular weight is 230 g/mol. The Balaban J connectivity index is 2.85. The smallest absolute Gasteiger partial charge is 0.339 e. The molecule has 0 amide bonds. The molecule has 0 aliphatic carbocycles. The summed E-state index contributed by atoms with van der Waals surface area (Å²) in [6.45, 7) is 0. The third-order valence-corrected chi connectivity index (χ3v) is 2.08. The van der Waals surface area contributed by atoms with E-state index < -0.39 is 24.9 Å². The fourth-order valence-electron chi connectivity index (χ4n) is 1.32. The van der Waals surface area contributed by atoms with Crippen LogP contribution in [-0.4, -0.2) is 24.6 Å². The molecular weight excluding hydrogens is 218 g/mol. The summed E-state index contributed by atoms with van der Waals surface area (Å²) in [5, 5.41) is 9.49. The number of benzene rings is 1. The van der Waals surface area contributed by atoms with Gasteiger partial charge >= 0.3 is 5.97 Å². The van der Waals surface area contributed by atoms with Crippen molar-refractivity contribution in [2.45, 2.75) is 19.0 Å². The number of methoxy groups -OCH3 is 1. The Labute approximate surface area is 91.7 Å². The quantitative estimate of drug-likeness (QED) is 0.801. The first-order valence-corrected chi connectivity index (χ1v) is 4.67. The number of aliphatic hydroxyl groups is 1. The molecule has 1 rings (SSSR count). The Morgan fingerprint density at radius 2 is 2.19 bits per heavy atom. The van der Waals surface area contributed by atoms with Gasteiger partial charge in [-0.15, -0.1) is 0 Å². The van der Waals surface area contributed by atoms with Crippen molar-refractivity contribution in [3.63, 3.8) is 0 Å². The van der Waals surface area contributed by atoms with Crippen molar-refractivity contribution in [1.29, 1.82) is 0 Å². The van der Waals surface area contributed by atoms with Crippen LogP contribution >= 0.6 is 0 Å². The van der Waals surface area contributed by atoms with Crippen molar-refractivity contribution < 1.29 is 23.4 Å². The SMILES string of the molecule is COC(=O)C(O)c1cccc(CC(F)F)c1. The van der Waals surface area contributed by atoms with Crippen molar-refractivity contribution >= 4 is 5.97 Å². The molecule has 3 nitrogen and oxygen atoms in total. The van der Waals surface area contributed by atoms with Crippen LogP contribution < -0.4 is 0 Å². The van der Waals surface area contributed by atoms with E-state index in [9.17, 15) is 18.7 Å². The summed E-state index contributed by atoms with van der Waals surface area (Å²) in [4.78, 5) is 11.0. The highest BCUT2D eigenvalue weighted by atomic mass is 19.3. The molecule has 16 heavy (non-hydrogen) atoms. The van der Waals surface area contributed by atoms with E-state index in [2.05, 4.69) is 4.74 Å². The van der Waals surface area contributed by atoms with Crippen molar-refractivity contribution in [2.24, 2.45) is 0 Å². The van der Waals surface area contributed by atoms with Gasteiger partial charge in [0, 0.05) is 6.42 Å². The zero-order chi connectivity index (χ0) is 12.1. The second-order valence-corrected chi connectivity index (χ2v) is 3.27. The van der Waals surface area contributed by atoms with Crippen LogP contribution in [0.5, 0.6) is 0 Å². The Hall–Kier alpha value is -1.49. The number of halogens is 2. The molecule has 0 bridgehead atoms. The van der Waals surface area contributed by atoms with Gasteiger partial charge in [0.25, 0.3) is 0 Å². The summed E-state index contributed by atoms with van der Waals surface area (Å²) < 4.78 is 28.6. The molecule has 0 aliphatic heterocycles. The second kappa shape index (κ2) is 5.55. The van der Waals surface area contributed by atoms with Crippen molar-refractivity contribution in [3.8, 4) is 0 Å². The molecule has 1 unspecified atom stereocenters. The van der Waals surface area contributed by atoms with Crippen molar-refractivity contribution in [3.05, 3.63) is 35.4 Å². The molecular formula is C11H12F2O3. The summed E-state index contributed by atoms with van der Waals surface area (Å²) in [7, 11) is 1.15. The van der Waals surface area contributed by atoms with E-state index in [1.807, 2.05) is 0 Å². The molecule has 0 aromatic heterocycles. The van der Waals surface area contributed by atoms with Gasteiger partial charge in [-0.1, -0.05) is 24.3 Å². The number of esters is 1. The van der Waals surface area contributed by atoms with E-state index in [0.29, 0.717) is 5.56 Å². The summed E-state index contributed by atoms with van der Waals surface area (Å²) in [6.07, 6.45) is -4.28. The Morgan fingerprint density at radius 1 is 1.50 bits per heavy atom. The Kier molecular flexibility index (Phi) is 4.37. The molecule has 1 aromatic carbocycles. The largest absolute Gasteiger partial charge is 0.467 e. The fourth-order valence-corrected chi connectivity index (χ4v) is 1.32. The fraction of sp³-hybridized carbons (Fsp3) is 0.364. The zero-order valence-corrected chi connectivity index (χ0v) is 8.69. The van der Waals surface area contributed by atoms with Crippen LogP contribution in [0.3, 0.4) is 0 Å². The lowest BCUT2D eigenvalue weighted by Crippen LogP contribution is -2.13. The second-order valence-electron chi connectivity index (χ2n) is 3.27. The number of alkyl halides is 2. The minimum absolute atomic E-state index is 0.255. The van der Waals surface area contributed by atoms with E-state index >= 15 is 0 Å². The number of hydrogen-bond acceptors (Lipinski definition) is 3. The predicted octanol–water partition coefficient (Wildman–Crippen LogP) is 1.70. The number of aliphatic hydroxyl groups excluding tert-OH is 1. The maximum Gasteiger partial charge on any atom is 0.339 e. The summed E-state index contributed by atoms with van der Waals surface area (Å²) in [5.41, 5.74) is 0.625. The standard InChI is InChI=1S/C11H12F2O3/c1-16-11(15)10(14)8-4-2-3-7(5-8)6-9(12)13/h2-5,9-10,14H,6H2,1H3. The minimum Gasteiger partial charge on any atom is -0.467 e. The third kappa shape index (κ3) is 3.27. The maximum atomic E-state index is 12.1. The molecule has 1 aromatic rings. The van der Waals surface area contributed by atoms with E-state index in [1.165, 1.54) is 24.3 Å². The number of ether oxygens (including phenoxy) is 1. The molecule has 0 saturated carbocycles. The molecule has 0 saturated heterocycles. The molecule has 0 aliphatic rings. The van der Waals surface area contributed by atoms with Gasteiger partial charge in [-0.2, -0.15) is 0 Å². The van der Waals surface area contributed by atoms with Crippen LogP contribution in [0.1, 0.15) is 17.2 Å². The lowest BCUT2D eigenvalue weighted by Gasteiger charge is -2.10. The molecule has 0 heterocycles.